The fourth-order valence-corrected chi connectivity index (χ4v) is 2.27. The first-order chi connectivity index (χ1) is 12.8. The van der Waals surface area contributed by atoms with Crippen LogP contribution in [-0.2, 0) is 19.2 Å². The molecule has 2 aliphatic heterocycles. The molecule has 1 fully saturated rings. The molecule has 0 bridgehead atoms. The van der Waals surface area contributed by atoms with Gasteiger partial charge >= 0.3 is 12.0 Å². The van der Waals surface area contributed by atoms with Crippen LogP contribution in [0.3, 0.4) is 0 Å². The summed E-state index contributed by atoms with van der Waals surface area (Å²) in [7, 11) is 0. The van der Waals surface area contributed by atoms with E-state index in [1.54, 1.807) is 0 Å². The molecule has 2 rings (SSSR count). The second kappa shape index (κ2) is 8.82. The zero-order valence-electron chi connectivity index (χ0n) is 14.6. The fraction of sp³-hybridized carbons (Fsp3) is 0.571. The van der Waals surface area contributed by atoms with E-state index >= 15 is 0 Å². The predicted octanol–water partition coefficient (Wildman–Crippen LogP) is -4.12. The molecular weight excluding hydrogens is 362 g/mol. The Bertz CT molecular complexity index is 679. The van der Waals surface area contributed by atoms with E-state index in [1.807, 2.05) is 0 Å². The summed E-state index contributed by atoms with van der Waals surface area (Å²) in [5.41, 5.74) is 4.91. The molecular formula is C14H22N7O6+. The maximum atomic E-state index is 12.2. The molecule has 27 heavy (non-hydrogen) atoms. The van der Waals surface area contributed by atoms with Crippen molar-refractivity contribution >= 4 is 35.7 Å². The van der Waals surface area contributed by atoms with Crippen LogP contribution in [0, 0.1) is 5.92 Å². The number of hydrogen-bond acceptors (Lipinski definition) is 8. The minimum Gasteiger partial charge on any atom is -0.564 e. The highest BCUT2D eigenvalue weighted by Crippen LogP contribution is 2.09. The van der Waals surface area contributed by atoms with Crippen molar-refractivity contribution in [3.05, 3.63) is 0 Å². The van der Waals surface area contributed by atoms with Crippen molar-refractivity contribution in [3.8, 4) is 0 Å². The number of carbonyl (C=O) groups is 5. The van der Waals surface area contributed by atoms with Crippen LogP contribution in [0.4, 0.5) is 4.79 Å². The van der Waals surface area contributed by atoms with E-state index in [0.29, 0.717) is 23.9 Å². The first kappa shape index (κ1) is 19.9. The van der Waals surface area contributed by atoms with Gasteiger partial charge in [0.25, 0.3) is 5.91 Å². The zero-order valence-corrected chi connectivity index (χ0v) is 14.6. The summed E-state index contributed by atoms with van der Waals surface area (Å²) in [5.74, 6) is -3.01. The lowest BCUT2D eigenvalue weighted by atomic mass is 10.2. The van der Waals surface area contributed by atoms with Gasteiger partial charge in [0, 0.05) is 17.9 Å². The predicted molar refractivity (Wildman–Crippen MR) is 91.0 cm³/mol. The van der Waals surface area contributed by atoms with Gasteiger partial charge in [0.1, 0.15) is 18.5 Å². The lowest BCUT2D eigenvalue weighted by molar-refractivity contribution is -0.141. The zero-order chi connectivity index (χ0) is 20.0. The molecule has 0 aliphatic carbocycles. The molecule has 5 amide bonds. The fourth-order valence-electron chi connectivity index (χ4n) is 2.27. The van der Waals surface area contributed by atoms with Crippen LogP contribution in [0.1, 0.15) is 13.3 Å². The number of aliphatic imine (C=N–C) groups is 1. The minimum absolute atomic E-state index is 0.0692. The summed E-state index contributed by atoms with van der Waals surface area (Å²) >= 11 is 0. The SMILES string of the molecule is C[C@@H](CNC(=O)CN1C(=O)N[C@@H](CC(=O)NNC2=NCCN2)C1=O)C(=O)[OH2+]. The van der Waals surface area contributed by atoms with Crippen LogP contribution in [0.25, 0.3) is 0 Å². The summed E-state index contributed by atoms with van der Waals surface area (Å²) in [4.78, 5) is 63.3. The van der Waals surface area contributed by atoms with Gasteiger partial charge in [0.2, 0.25) is 17.8 Å². The molecule has 7 N–H and O–H groups in total. The van der Waals surface area contributed by atoms with Crippen molar-refractivity contribution in [1.82, 2.24) is 31.7 Å². The van der Waals surface area contributed by atoms with Gasteiger partial charge in [0.15, 0.2) is 0 Å². The van der Waals surface area contributed by atoms with Gasteiger partial charge in [-0.1, -0.05) is 0 Å². The lowest BCUT2D eigenvalue weighted by Gasteiger charge is -2.13. The first-order valence-electron chi connectivity index (χ1n) is 8.25. The van der Waals surface area contributed by atoms with E-state index in [0.717, 1.165) is 0 Å². The Morgan fingerprint density at radius 3 is 2.70 bits per heavy atom. The number of guanidine groups is 1. The van der Waals surface area contributed by atoms with Crippen molar-refractivity contribution < 1.29 is 29.1 Å². The van der Waals surface area contributed by atoms with Gasteiger partial charge < -0.3 is 21.1 Å². The highest BCUT2D eigenvalue weighted by atomic mass is 16.4. The molecule has 0 radical (unpaired) electrons. The van der Waals surface area contributed by atoms with Gasteiger partial charge in [-0.15, -0.1) is 0 Å². The number of hydrazine groups is 1. The van der Waals surface area contributed by atoms with E-state index in [4.69, 9.17) is 5.11 Å². The highest BCUT2D eigenvalue weighted by molar-refractivity contribution is 6.07. The van der Waals surface area contributed by atoms with Gasteiger partial charge in [-0.05, 0) is 6.92 Å². The molecule has 0 spiro atoms. The molecule has 0 aromatic rings. The number of imide groups is 1. The van der Waals surface area contributed by atoms with E-state index in [2.05, 4.69) is 31.8 Å². The molecule has 13 heteroatoms. The van der Waals surface area contributed by atoms with Gasteiger partial charge in [0.05, 0.1) is 13.0 Å². The van der Waals surface area contributed by atoms with Crippen molar-refractivity contribution in [3.63, 3.8) is 0 Å². The number of carbonyl (C=O) groups excluding carboxylic acids is 5. The van der Waals surface area contributed by atoms with E-state index in [-0.39, 0.29) is 13.0 Å². The number of nitrogens with one attached hydrogen (secondary N) is 5. The van der Waals surface area contributed by atoms with Crippen LogP contribution < -0.4 is 26.8 Å². The maximum Gasteiger partial charge on any atom is 0.520 e. The molecule has 0 aromatic heterocycles. The van der Waals surface area contributed by atoms with Crippen LogP contribution in [-0.4, -0.2) is 77.9 Å². The second-order valence-corrected chi connectivity index (χ2v) is 6.03. The number of hydrogen-bond donors (Lipinski definition) is 5. The maximum absolute atomic E-state index is 12.2. The first-order valence-corrected chi connectivity index (χ1v) is 8.25. The van der Waals surface area contributed by atoms with Gasteiger partial charge in [-0.25, -0.2) is 4.79 Å². The van der Waals surface area contributed by atoms with Crippen molar-refractivity contribution in [1.29, 1.82) is 0 Å². The van der Waals surface area contributed by atoms with Crippen LogP contribution >= 0.6 is 0 Å². The Morgan fingerprint density at radius 1 is 1.33 bits per heavy atom. The third-order valence-electron chi connectivity index (χ3n) is 3.85. The second-order valence-electron chi connectivity index (χ2n) is 6.03. The summed E-state index contributed by atoms with van der Waals surface area (Å²) in [6.45, 7) is 2.10. The molecule has 1 saturated heterocycles. The largest absolute Gasteiger partial charge is 0.564 e. The molecule has 0 aromatic carbocycles. The third kappa shape index (κ3) is 5.55. The molecule has 2 aliphatic rings. The Balaban J connectivity index is 1.78. The molecule has 2 heterocycles. The number of amides is 5. The summed E-state index contributed by atoms with van der Waals surface area (Å²) in [6, 6.07) is -1.87. The average molecular weight is 384 g/mol. The van der Waals surface area contributed by atoms with Gasteiger partial charge in [-0.2, -0.15) is 0 Å². The molecule has 0 saturated carbocycles. The third-order valence-corrected chi connectivity index (χ3v) is 3.85. The number of nitrogens with zero attached hydrogens (tertiary/aromatic N) is 2. The van der Waals surface area contributed by atoms with E-state index < -0.39 is 48.2 Å². The smallest absolute Gasteiger partial charge is 0.520 e. The Labute approximate surface area is 153 Å². The molecule has 2 atom stereocenters. The topological polar surface area (TPSA) is 184 Å². The number of rotatable bonds is 7. The number of urea groups is 1. The highest BCUT2D eigenvalue weighted by Gasteiger charge is 2.40. The normalized spacial score (nSPS) is 19.7. The van der Waals surface area contributed by atoms with Crippen LogP contribution in [0.2, 0.25) is 0 Å². The Hall–Kier alpha value is -3.38. The van der Waals surface area contributed by atoms with Crippen LogP contribution in [0.15, 0.2) is 4.99 Å². The molecule has 148 valence electrons. The summed E-state index contributed by atoms with van der Waals surface area (Å²) in [6.07, 6.45) is -0.312. The van der Waals surface area contributed by atoms with Crippen LogP contribution in [0.5, 0.6) is 0 Å². The molecule has 0 unspecified atom stereocenters. The van der Waals surface area contributed by atoms with E-state index in [9.17, 15) is 24.0 Å². The monoisotopic (exact) mass is 384 g/mol. The molecule has 13 nitrogen and oxygen atoms in total. The lowest BCUT2D eigenvalue weighted by Crippen LogP contribution is -2.48. The summed E-state index contributed by atoms with van der Waals surface area (Å²) in [5, 5.41) is 14.5. The van der Waals surface area contributed by atoms with Gasteiger partial charge in [-0.3, -0.25) is 35.1 Å². The average Bonchev–Trinajstić information content (AvgIpc) is 3.22. The summed E-state index contributed by atoms with van der Waals surface area (Å²) < 4.78 is 0. The quantitative estimate of drug-likeness (QED) is 0.168. The van der Waals surface area contributed by atoms with Crippen molar-refractivity contribution in [2.45, 2.75) is 19.4 Å². The Kier molecular flexibility index (Phi) is 6.51. The minimum atomic E-state index is -1.08. The van der Waals surface area contributed by atoms with Crippen molar-refractivity contribution in [2.75, 3.05) is 26.2 Å². The Morgan fingerprint density at radius 2 is 2.07 bits per heavy atom. The van der Waals surface area contributed by atoms with Crippen molar-refractivity contribution in [2.24, 2.45) is 10.9 Å². The van der Waals surface area contributed by atoms with E-state index in [1.165, 1.54) is 6.92 Å². The standard InChI is InChI=1S/C14H21N7O6/c1-7(12(25)26)5-17-10(23)6-21-11(24)8(18-14(21)27)4-9(22)19-20-13-15-2-3-16-13/h7-8H,2-6H2,1H3,(H,17,23)(H,18,27)(H,19,22)(H,25,26)(H2,15,16,20)/p+1/t7-,8-/m0/s1.